The predicted molar refractivity (Wildman–Crippen MR) is 482 cm³/mol. The predicted octanol–water partition coefficient (Wildman–Crippen LogP) is 22.5. The van der Waals surface area contributed by atoms with Crippen molar-refractivity contribution in [2.45, 2.75) is 368 Å². The monoisotopic (exact) mass is 1680 g/mol. The van der Waals surface area contributed by atoms with Crippen LogP contribution in [-0.2, 0) is 32.1 Å². The highest BCUT2D eigenvalue weighted by molar-refractivity contribution is 6.01. The van der Waals surface area contributed by atoms with E-state index in [2.05, 4.69) is 80.8 Å². The molecule has 11 aliphatic rings. The maximum atomic E-state index is 12.5. The number of ether oxygens (including phenoxy) is 5. The van der Waals surface area contributed by atoms with Crippen LogP contribution in [0.5, 0.6) is 57.5 Å². The Morgan fingerprint density at radius 1 is 0.377 bits per heavy atom. The smallest absolute Gasteiger partial charge is 0.163 e. The Bertz CT molecular complexity index is 4850. The number of aromatic hydroxyl groups is 5. The van der Waals surface area contributed by atoms with Gasteiger partial charge in [0.25, 0.3) is 0 Å². The van der Waals surface area contributed by atoms with Gasteiger partial charge in [0.1, 0.15) is 87.5 Å². The van der Waals surface area contributed by atoms with Gasteiger partial charge in [-0.25, -0.2) is 0 Å². The van der Waals surface area contributed by atoms with Gasteiger partial charge >= 0.3 is 0 Å². The van der Waals surface area contributed by atoms with Gasteiger partial charge in [0.05, 0.1) is 39.1 Å². The quantitative estimate of drug-likeness (QED) is 0.0188. The average Bonchev–Trinajstić information content (AvgIpc) is 1.44. The molecule has 0 saturated heterocycles. The number of hydrogen-bond acceptors (Lipinski definition) is 17. The minimum Gasteiger partial charge on any atom is -0.508 e. The van der Waals surface area contributed by atoms with Crippen LogP contribution in [0.4, 0.5) is 0 Å². The number of benzene rings is 5. The SMILES string of the molecule is C=C(C)[C@@H]1CC[C@](C)(O)[C@H]2Oc3c(C(C)=O)c(CCC)cc(O)c3[C@@H]12.C=C(C)[C@@H]1CC[C@](C)(O)[C@H]2Oc3c(C(C)=O)c(CCCCC)cc(O)c3[C@@H]12.C=C(C)[C@@H]1CC[C@](C)(O)[C@H]2Oc3cc(CCC)cc(O)c3[C@@H]12.C=C(C)[C@@H]1CC[C@](C)(O)[C@H]2Oc3cc(CCCCC)cc(O)c3[C@@H]12.CCCc1cc2c(c(O)c1C(C)=O)[C@@H]1[C@H]3C(CC[C@@]3(C)O2)C1(C)C. The fraction of sp³-hybridized carbons (Fsp3) is 0.610. The van der Waals surface area contributed by atoms with Crippen molar-refractivity contribution in [3.05, 3.63) is 163 Å². The van der Waals surface area contributed by atoms with Crippen LogP contribution in [0.3, 0.4) is 0 Å². The third-order valence-corrected chi connectivity index (χ3v) is 30.3. The molecule has 20 atom stereocenters. The van der Waals surface area contributed by atoms with Crippen LogP contribution in [-0.4, -0.2) is 116 Å². The van der Waals surface area contributed by atoms with Gasteiger partial charge in [-0.05, 0) is 298 Å². The first kappa shape index (κ1) is 93.1. The second-order valence-electron chi connectivity index (χ2n) is 40.4. The number of ketones is 3. The number of rotatable bonds is 21. The zero-order valence-electron chi connectivity index (χ0n) is 76.8. The molecular formula is C105H144O17. The van der Waals surface area contributed by atoms with Crippen LogP contribution in [0.25, 0.3) is 0 Å². The number of hydrogen-bond donors (Lipinski definition) is 9. The van der Waals surface area contributed by atoms with Crippen LogP contribution < -0.4 is 23.7 Å². The molecule has 6 aliphatic carbocycles. The van der Waals surface area contributed by atoms with Crippen molar-refractivity contribution in [1.29, 1.82) is 0 Å². The molecule has 16 rings (SSSR count). The number of phenols is 5. The van der Waals surface area contributed by atoms with E-state index in [4.69, 9.17) is 23.7 Å². The summed E-state index contributed by atoms with van der Waals surface area (Å²) in [4.78, 5) is 37.1. The Morgan fingerprint density at radius 3 is 1.09 bits per heavy atom. The molecule has 1 unspecified atom stereocenters. The molecular weight excluding hydrogens is 1530 g/mol. The van der Waals surface area contributed by atoms with E-state index in [-0.39, 0.29) is 111 Å². The summed E-state index contributed by atoms with van der Waals surface area (Å²) in [6.07, 6.45) is 20.2. The first-order valence-corrected chi connectivity index (χ1v) is 46.1. The van der Waals surface area contributed by atoms with Crippen LogP contribution in [0.2, 0.25) is 0 Å². The standard InChI is InChI=1S/C23H32O4.C21H28O4.C21H28O3.C21H30O3.C19H26O3/c1-6-7-8-9-15-12-17(25)20-19-16(13(2)3)10-11-23(5,26)22(19)27-21(20)18(15)14(4)24;1-6-7-13-10-15(23)18-17-14(11(2)3)8-9-21(5,24)20(17)25-19(18)16(13)12(4)22;1-6-7-12-10-14-16(19(23)15(12)11(2)22)18-17-13(20(18,3)4)8-9-21(17,5)24-14;1-5-6-7-8-14-11-16(22)19-17(12-14)24-20-18(19)15(13(2)3)9-10-21(20,4)23;1-5-6-12-9-14(20)17-15(10-12)22-18-16(17)13(11(2)3)7-8-19(18,4)21/h12,16,19,22,25-26H,2,6-11H2,1,3-5H3;10,14,17,20,23-24H,2,6-9H2,1,3-5H3;10,13,17-18,23H,6-9H2,1-5H3;11-12,15,18,20,22-23H,2,5-10H2,1,3-4H3;9-10,13,16,18,20-21H,2,5-8H2,1,3-4H3/t16-,19+,22-,23-;14-,17+,20-,21-;13?,17-,18-,21-;15-,18+,20-,21-;13-,16+,18-,19-/m00100/s1. The highest BCUT2D eigenvalue weighted by Crippen LogP contribution is 2.75. The molecule has 0 radical (unpaired) electrons. The van der Waals surface area contributed by atoms with Crippen molar-refractivity contribution in [1.82, 2.24) is 0 Å². The lowest BCUT2D eigenvalue weighted by Crippen LogP contribution is -2.59. The molecule has 5 aromatic carbocycles. The number of carbonyl (C=O) groups is 3. The van der Waals surface area contributed by atoms with E-state index in [0.717, 1.165) is 187 Å². The molecule has 5 heterocycles. The fourth-order valence-electron chi connectivity index (χ4n) is 24.2. The van der Waals surface area contributed by atoms with Gasteiger partial charge in [0.15, 0.2) is 17.3 Å². The van der Waals surface area contributed by atoms with Gasteiger partial charge < -0.3 is 69.6 Å². The van der Waals surface area contributed by atoms with E-state index in [1.807, 2.05) is 72.7 Å². The summed E-state index contributed by atoms with van der Waals surface area (Å²) in [5.41, 5.74) is 10.9. The lowest BCUT2D eigenvalue weighted by Gasteiger charge is -2.62. The summed E-state index contributed by atoms with van der Waals surface area (Å²) in [5, 5.41) is 97.3. The Labute approximate surface area is 726 Å². The molecule has 6 fully saturated rings. The average molecular weight is 1680 g/mol. The van der Waals surface area contributed by atoms with E-state index in [9.17, 15) is 60.3 Å². The van der Waals surface area contributed by atoms with Crippen LogP contribution in [0.1, 0.15) is 370 Å². The number of allylic oxidation sites excluding steroid dienone is 4. The number of aryl methyl sites for hydroxylation is 5. The summed E-state index contributed by atoms with van der Waals surface area (Å²) < 4.78 is 31.2. The van der Waals surface area contributed by atoms with Gasteiger partial charge in [0, 0.05) is 63.3 Å². The largest absolute Gasteiger partial charge is 0.508 e. The van der Waals surface area contributed by atoms with Crippen molar-refractivity contribution in [2.24, 2.45) is 40.9 Å². The molecule has 17 heteroatoms. The minimum absolute atomic E-state index is 0.00748. The van der Waals surface area contributed by atoms with E-state index in [1.54, 1.807) is 39.8 Å². The van der Waals surface area contributed by atoms with Crippen molar-refractivity contribution in [2.75, 3.05) is 0 Å². The Kier molecular flexibility index (Phi) is 27.3. The number of fused-ring (bicyclic) bond motifs is 14. The van der Waals surface area contributed by atoms with Crippen molar-refractivity contribution in [3.8, 4) is 57.5 Å². The molecule has 666 valence electrons. The molecule has 0 bridgehead atoms. The van der Waals surface area contributed by atoms with Gasteiger partial charge in [-0.15, -0.1) is 0 Å². The summed E-state index contributed by atoms with van der Waals surface area (Å²) in [6, 6.07) is 13.3. The zero-order chi connectivity index (χ0) is 89.4. The van der Waals surface area contributed by atoms with Crippen molar-refractivity contribution < 1.29 is 84.0 Å². The summed E-state index contributed by atoms with van der Waals surface area (Å²) >= 11 is 0. The molecule has 122 heavy (non-hydrogen) atoms. The molecule has 17 nitrogen and oxygen atoms in total. The van der Waals surface area contributed by atoms with Gasteiger partial charge in [-0.1, -0.05) is 142 Å². The van der Waals surface area contributed by atoms with Gasteiger partial charge in [-0.2, -0.15) is 0 Å². The molecule has 0 aromatic heterocycles. The zero-order valence-corrected chi connectivity index (χ0v) is 76.8. The van der Waals surface area contributed by atoms with Gasteiger partial charge in [-0.3, -0.25) is 14.4 Å². The van der Waals surface area contributed by atoms with E-state index in [0.29, 0.717) is 94.8 Å². The molecule has 0 spiro atoms. The number of carbonyl (C=O) groups excluding carboxylic acids is 3. The summed E-state index contributed by atoms with van der Waals surface area (Å²) in [5.74, 6) is 6.01. The van der Waals surface area contributed by atoms with Crippen LogP contribution >= 0.6 is 0 Å². The van der Waals surface area contributed by atoms with E-state index in [1.165, 1.54) is 26.2 Å². The Balaban J connectivity index is 0.000000140. The van der Waals surface area contributed by atoms with Crippen LogP contribution in [0, 0.1) is 40.9 Å². The molecule has 6 saturated carbocycles. The maximum absolute atomic E-state index is 12.5. The number of Topliss-reactive ketones (excluding diaryl/α,β-unsaturated/α-hetero) is 3. The number of phenolic OH excluding ortho intramolecular Hbond substituents is 5. The number of unbranched alkanes of at least 4 members (excludes halogenated alkanes) is 4. The lowest BCUT2D eigenvalue weighted by molar-refractivity contribution is -0.121. The summed E-state index contributed by atoms with van der Waals surface area (Å²) in [7, 11) is 0. The third-order valence-electron chi connectivity index (χ3n) is 30.3. The van der Waals surface area contributed by atoms with Crippen LogP contribution in [0.15, 0.2) is 91.1 Å². The molecule has 0 amide bonds. The first-order valence-electron chi connectivity index (χ1n) is 46.1. The fourth-order valence-corrected chi connectivity index (χ4v) is 24.2. The molecule has 5 aromatic rings. The highest BCUT2D eigenvalue weighted by atomic mass is 16.5. The highest BCUT2D eigenvalue weighted by Gasteiger charge is 2.70. The topological polar surface area (TPSA) is 279 Å². The van der Waals surface area contributed by atoms with E-state index < -0.39 is 34.6 Å². The lowest BCUT2D eigenvalue weighted by atomic mass is 9.45. The third kappa shape index (κ3) is 17.1. The maximum Gasteiger partial charge on any atom is 0.163 e. The van der Waals surface area contributed by atoms with Gasteiger partial charge in [0.2, 0.25) is 0 Å². The van der Waals surface area contributed by atoms with Crippen molar-refractivity contribution in [3.63, 3.8) is 0 Å². The summed E-state index contributed by atoms with van der Waals surface area (Å²) in [6.45, 7) is 53.9. The molecule has 9 N–H and O–H groups in total. The Morgan fingerprint density at radius 2 is 0.721 bits per heavy atom. The Hall–Kier alpha value is -8.09. The normalized spacial score (nSPS) is 31.6. The van der Waals surface area contributed by atoms with E-state index >= 15 is 0 Å². The minimum atomic E-state index is -1.00. The van der Waals surface area contributed by atoms with Crippen molar-refractivity contribution >= 4 is 17.3 Å². The first-order chi connectivity index (χ1) is 57.3. The number of aliphatic hydroxyl groups is 4. The second-order valence-corrected chi connectivity index (χ2v) is 40.4. The molecule has 5 aliphatic heterocycles. The second kappa shape index (κ2) is 35.7.